The predicted molar refractivity (Wildman–Crippen MR) is 146 cm³/mol. The molecule has 0 N–H and O–H groups in total. The van der Waals surface area contributed by atoms with E-state index >= 15 is 4.39 Å². The summed E-state index contributed by atoms with van der Waals surface area (Å²) < 4.78 is 114. The fourth-order valence-corrected chi connectivity index (χ4v) is 4.95. The van der Waals surface area contributed by atoms with Crippen LogP contribution in [0.4, 0.5) is 35.1 Å². The number of aryl methyl sites for hydroxylation is 4. The molecule has 4 rings (SSSR count). The summed E-state index contributed by atoms with van der Waals surface area (Å²) in [5, 5.41) is 0.905. The largest absolute Gasteiger partial charge is 0.478 e. The van der Waals surface area contributed by atoms with E-state index < -0.39 is 47.6 Å². The number of hydrogen-bond donors (Lipinski definition) is 0. The summed E-state index contributed by atoms with van der Waals surface area (Å²) in [5.41, 5.74) is 1.86. The number of hydrogen-bond acceptors (Lipinski definition) is 1. The summed E-state index contributed by atoms with van der Waals surface area (Å²) in [7, 11) is 0. The minimum Gasteiger partial charge on any atom is -0.478 e. The van der Waals surface area contributed by atoms with Crippen LogP contribution in [0.5, 0.6) is 5.75 Å². The van der Waals surface area contributed by atoms with Gasteiger partial charge in [-0.05, 0) is 90.4 Å². The van der Waals surface area contributed by atoms with Crippen molar-refractivity contribution in [3.05, 3.63) is 112 Å². The first kappa shape index (κ1) is 31.3. The van der Waals surface area contributed by atoms with Crippen molar-refractivity contribution in [3.63, 3.8) is 0 Å². The molecule has 0 aromatic heterocycles. The lowest BCUT2D eigenvalue weighted by Crippen LogP contribution is -2.20. The number of benzene rings is 4. The van der Waals surface area contributed by atoms with Crippen molar-refractivity contribution >= 4 is 10.8 Å². The van der Waals surface area contributed by atoms with Crippen molar-refractivity contribution in [2.45, 2.75) is 64.5 Å². The minimum absolute atomic E-state index is 0.0173. The van der Waals surface area contributed by atoms with Gasteiger partial charge in [0, 0.05) is 10.9 Å². The van der Waals surface area contributed by atoms with E-state index in [1.807, 2.05) is 0 Å². The maximum absolute atomic E-state index is 15.3. The van der Waals surface area contributed by atoms with Gasteiger partial charge in [-0.25, -0.2) is 22.0 Å². The first-order valence-electron chi connectivity index (χ1n) is 13.8. The van der Waals surface area contributed by atoms with Gasteiger partial charge in [0.25, 0.3) is 0 Å². The van der Waals surface area contributed by atoms with Gasteiger partial charge in [0.15, 0.2) is 24.0 Å². The number of ether oxygens (including phenoxy) is 1. The molecule has 0 fully saturated rings. The quantitative estimate of drug-likeness (QED) is 0.117. The van der Waals surface area contributed by atoms with Gasteiger partial charge >= 0.3 is 6.18 Å². The first-order valence-corrected chi connectivity index (χ1v) is 13.8. The Hall–Kier alpha value is -3.62. The minimum atomic E-state index is -4.75. The lowest BCUT2D eigenvalue weighted by atomic mass is 9.96. The molecule has 0 saturated carbocycles. The van der Waals surface area contributed by atoms with E-state index in [1.54, 1.807) is 30.3 Å². The Balaban J connectivity index is 1.41. The van der Waals surface area contributed by atoms with E-state index in [0.29, 0.717) is 29.2 Å². The van der Waals surface area contributed by atoms with Gasteiger partial charge in [-0.15, -0.1) is 0 Å². The van der Waals surface area contributed by atoms with Crippen LogP contribution < -0.4 is 4.74 Å². The van der Waals surface area contributed by atoms with Gasteiger partial charge in [-0.3, -0.25) is 0 Å². The van der Waals surface area contributed by atoms with E-state index in [2.05, 4.69) is 11.7 Å². The fraction of sp³-hybridized carbons (Fsp3) is 0.333. The molecular weight excluding hydrogens is 564 g/mol. The standard InChI is InChI=1S/C33H30F8O/c1-2-3-4-5-21-15-27(34)26(28(35)16-21)13-8-20-7-12-25-24(14-20)11-10-23(31(25)38)9-6-22-17-29(36)32(30(37)18-22)42-19-33(39,40)41/h7,10-12,14-18H,2-6,8-9,13,19H2,1H3. The van der Waals surface area contributed by atoms with E-state index in [1.165, 1.54) is 12.1 Å². The summed E-state index contributed by atoms with van der Waals surface area (Å²) in [4.78, 5) is 0. The third-order valence-electron chi connectivity index (χ3n) is 7.15. The van der Waals surface area contributed by atoms with Crippen LogP contribution in [0, 0.1) is 29.1 Å². The lowest BCUT2D eigenvalue weighted by Gasteiger charge is -2.12. The van der Waals surface area contributed by atoms with Crippen molar-refractivity contribution in [3.8, 4) is 5.75 Å². The second-order valence-corrected chi connectivity index (χ2v) is 10.4. The van der Waals surface area contributed by atoms with Crippen molar-refractivity contribution < 1.29 is 39.9 Å². The lowest BCUT2D eigenvalue weighted by molar-refractivity contribution is -0.154. The monoisotopic (exact) mass is 594 g/mol. The van der Waals surface area contributed by atoms with Crippen LogP contribution >= 0.6 is 0 Å². The Bertz CT molecular complexity index is 1500. The molecule has 0 aliphatic heterocycles. The molecule has 0 unspecified atom stereocenters. The molecule has 4 aromatic carbocycles. The molecule has 1 nitrogen and oxygen atoms in total. The molecular formula is C33H30F8O. The van der Waals surface area contributed by atoms with Crippen molar-refractivity contribution in [1.29, 1.82) is 0 Å². The maximum Gasteiger partial charge on any atom is 0.422 e. The van der Waals surface area contributed by atoms with Crippen molar-refractivity contribution in [2.24, 2.45) is 0 Å². The second-order valence-electron chi connectivity index (χ2n) is 10.4. The topological polar surface area (TPSA) is 9.23 Å². The Morgan fingerprint density at radius 1 is 0.619 bits per heavy atom. The average Bonchev–Trinajstić information content (AvgIpc) is 2.91. The Kier molecular flexibility index (Phi) is 10.1. The Morgan fingerprint density at radius 3 is 1.88 bits per heavy atom. The number of rotatable bonds is 12. The van der Waals surface area contributed by atoms with Crippen LogP contribution in [0.15, 0.2) is 54.6 Å². The molecule has 0 atom stereocenters. The van der Waals surface area contributed by atoms with E-state index in [-0.39, 0.29) is 36.0 Å². The normalized spacial score (nSPS) is 11.8. The maximum atomic E-state index is 15.3. The molecule has 0 aliphatic rings. The van der Waals surface area contributed by atoms with Crippen molar-refractivity contribution in [1.82, 2.24) is 0 Å². The highest BCUT2D eigenvalue weighted by atomic mass is 19.4. The van der Waals surface area contributed by atoms with Crippen LogP contribution in [0.25, 0.3) is 10.8 Å². The summed E-state index contributed by atoms with van der Waals surface area (Å²) in [6, 6.07) is 12.8. The molecule has 0 saturated heterocycles. The van der Waals surface area contributed by atoms with Gasteiger partial charge in [-0.2, -0.15) is 13.2 Å². The van der Waals surface area contributed by atoms with E-state index in [4.69, 9.17) is 0 Å². The molecule has 9 heteroatoms. The highest BCUT2D eigenvalue weighted by molar-refractivity contribution is 5.84. The van der Waals surface area contributed by atoms with Crippen LogP contribution in [-0.2, 0) is 32.1 Å². The highest BCUT2D eigenvalue weighted by Crippen LogP contribution is 2.28. The summed E-state index contributed by atoms with van der Waals surface area (Å²) in [6.45, 7) is 0.232. The number of halogens is 8. The molecule has 0 bridgehead atoms. The average molecular weight is 595 g/mol. The van der Waals surface area contributed by atoms with E-state index in [0.717, 1.165) is 37.0 Å². The molecule has 0 amide bonds. The highest BCUT2D eigenvalue weighted by Gasteiger charge is 2.30. The first-order chi connectivity index (χ1) is 19.9. The van der Waals surface area contributed by atoms with Gasteiger partial charge in [0.05, 0.1) is 0 Å². The van der Waals surface area contributed by atoms with Gasteiger partial charge in [-0.1, -0.05) is 50.1 Å². The van der Waals surface area contributed by atoms with E-state index in [9.17, 15) is 30.7 Å². The molecule has 4 aromatic rings. The van der Waals surface area contributed by atoms with Gasteiger partial charge < -0.3 is 4.74 Å². The third kappa shape index (κ3) is 8.01. The number of unbranched alkanes of at least 4 members (excludes halogenated alkanes) is 2. The molecule has 224 valence electrons. The zero-order valence-electron chi connectivity index (χ0n) is 23.0. The summed E-state index contributed by atoms with van der Waals surface area (Å²) in [6.07, 6.45) is -0.628. The van der Waals surface area contributed by atoms with Gasteiger partial charge in [0.1, 0.15) is 17.5 Å². The molecule has 42 heavy (non-hydrogen) atoms. The summed E-state index contributed by atoms with van der Waals surface area (Å²) in [5.74, 6) is -5.32. The van der Waals surface area contributed by atoms with Crippen LogP contribution in [0.2, 0.25) is 0 Å². The van der Waals surface area contributed by atoms with Crippen LogP contribution in [0.1, 0.15) is 54.0 Å². The fourth-order valence-electron chi connectivity index (χ4n) is 4.95. The molecule has 0 aliphatic carbocycles. The Morgan fingerprint density at radius 2 is 1.24 bits per heavy atom. The summed E-state index contributed by atoms with van der Waals surface area (Å²) >= 11 is 0. The second kappa shape index (κ2) is 13.6. The Labute approximate surface area is 239 Å². The van der Waals surface area contributed by atoms with Crippen molar-refractivity contribution in [2.75, 3.05) is 6.61 Å². The third-order valence-corrected chi connectivity index (χ3v) is 7.15. The molecule has 0 spiro atoms. The molecule has 0 radical (unpaired) electrons. The molecule has 0 heterocycles. The zero-order chi connectivity index (χ0) is 30.4. The van der Waals surface area contributed by atoms with Crippen LogP contribution in [0.3, 0.4) is 0 Å². The van der Waals surface area contributed by atoms with Crippen LogP contribution in [-0.4, -0.2) is 12.8 Å². The predicted octanol–water partition coefficient (Wildman–Crippen LogP) is 9.78. The van der Waals surface area contributed by atoms with Gasteiger partial charge in [0.2, 0.25) is 0 Å². The SMILES string of the molecule is CCCCCc1cc(F)c(CCc2ccc3c(F)c(CCc4cc(F)c(OCC(F)(F)F)c(F)c4)ccc3c2)c(F)c1. The zero-order valence-corrected chi connectivity index (χ0v) is 23.0. The number of alkyl halides is 3. The number of fused-ring (bicyclic) bond motifs is 1. The smallest absolute Gasteiger partial charge is 0.422 e.